The smallest absolute Gasteiger partial charge is 0.222 e. The number of nitrogen functional groups attached to an aromatic ring is 1. The molecule has 4 aromatic rings. The highest BCUT2D eigenvalue weighted by atomic mass is 79.9. The number of hydrogen-bond donors (Lipinski definition) is 3. The molecule has 7 nitrogen and oxygen atoms in total. The van der Waals surface area contributed by atoms with Crippen LogP contribution in [0.2, 0.25) is 5.02 Å². The Kier molecular flexibility index (Phi) is 4.59. The Morgan fingerprint density at radius 3 is 2.85 bits per heavy atom. The number of rotatable bonds is 4. The lowest BCUT2D eigenvalue weighted by molar-refractivity contribution is 0.416. The molecular weight excluding hydrogens is 432 g/mol. The number of hydrogen-bond acceptors (Lipinski definition) is 6. The molecule has 0 saturated carbocycles. The van der Waals surface area contributed by atoms with Crippen LogP contribution in [-0.4, -0.2) is 27.3 Å². The summed E-state index contributed by atoms with van der Waals surface area (Å²) in [6.07, 6.45) is 1.77. The minimum atomic E-state index is 0.125. The Morgan fingerprint density at radius 1 is 1.19 bits per heavy atom. The molecule has 9 heteroatoms. The van der Waals surface area contributed by atoms with Gasteiger partial charge in [0.1, 0.15) is 5.75 Å². The molecule has 2 heterocycles. The molecule has 0 spiro atoms. The molecule has 4 rings (SSSR count). The average molecular weight is 446 g/mol. The zero-order chi connectivity index (χ0) is 19.0. The molecule has 0 aliphatic rings. The van der Waals surface area contributed by atoms with Gasteiger partial charge in [0.25, 0.3) is 0 Å². The maximum Gasteiger partial charge on any atom is 0.222 e. The monoisotopic (exact) mass is 444 g/mol. The minimum absolute atomic E-state index is 0.125. The number of nitrogens with one attached hydrogen (secondary N) is 2. The second-order valence-corrected chi connectivity index (χ2v) is 6.96. The third-order valence-corrected chi connectivity index (χ3v) is 4.98. The molecule has 0 aliphatic heterocycles. The van der Waals surface area contributed by atoms with Crippen LogP contribution in [0.3, 0.4) is 0 Å². The number of methoxy groups -OCH3 is 1. The molecule has 27 heavy (non-hydrogen) atoms. The molecule has 0 saturated heterocycles. The molecule has 4 N–H and O–H groups in total. The molecule has 0 unspecified atom stereocenters. The van der Waals surface area contributed by atoms with E-state index < -0.39 is 0 Å². The fourth-order valence-corrected chi connectivity index (χ4v) is 3.40. The van der Waals surface area contributed by atoms with Crippen molar-refractivity contribution in [3.05, 3.63) is 52.1 Å². The van der Waals surface area contributed by atoms with E-state index >= 15 is 0 Å². The number of nitrogens with zero attached hydrogens (tertiary/aromatic N) is 3. The highest BCUT2D eigenvalue weighted by Crippen LogP contribution is 2.39. The molecule has 0 radical (unpaired) electrons. The van der Waals surface area contributed by atoms with Crippen LogP contribution in [0.25, 0.3) is 22.2 Å². The van der Waals surface area contributed by atoms with Gasteiger partial charge in [-0.25, -0.2) is 4.98 Å². The lowest BCUT2D eigenvalue weighted by atomic mass is 10.1. The highest BCUT2D eigenvalue weighted by Gasteiger charge is 2.17. The van der Waals surface area contributed by atoms with Crippen molar-refractivity contribution in [3.63, 3.8) is 0 Å². The Morgan fingerprint density at radius 2 is 2.04 bits per heavy atom. The Bertz CT molecular complexity index is 1150. The van der Waals surface area contributed by atoms with Crippen molar-refractivity contribution in [3.8, 4) is 17.0 Å². The SMILES string of the molecule is COc1ccc(Cl)cc1-c1nc(N)nc(Nc2ccc3cn[nH]c3c2)c1Br. The van der Waals surface area contributed by atoms with Crippen LogP contribution in [0.15, 0.2) is 47.1 Å². The molecular formula is C18H14BrClN6O. The van der Waals surface area contributed by atoms with Crippen molar-refractivity contribution < 1.29 is 4.74 Å². The second-order valence-electron chi connectivity index (χ2n) is 5.73. The number of benzene rings is 2. The molecule has 0 aliphatic carbocycles. The Labute approximate surface area is 168 Å². The average Bonchev–Trinajstić information content (AvgIpc) is 3.12. The number of aromatic nitrogens is 4. The first kappa shape index (κ1) is 17.6. The zero-order valence-electron chi connectivity index (χ0n) is 14.1. The van der Waals surface area contributed by atoms with Crippen molar-refractivity contribution in [2.45, 2.75) is 0 Å². The van der Waals surface area contributed by atoms with Gasteiger partial charge in [-0.05, 0) is 52.3 Å². The van der Waals surface area contributed by atoms with E-state index in [1.807, 2.05) is 18.2 Å². The third-order valence-electron chi connectivity index (χ3n) is 3.99. The number of ether oxygens (including phenoxy) is 1. The van der Waals surface area contributed by atoms with Crippen LogP contribution in [-0.2, 0) is 0 Å². The summed E-state index contributed by atoms with van der Waals surface area (Å²) in [5.74, 6) is 1.28. The molecule has 0 atom stereocenters. The Hall–Kier alpha value is -2.84. The third kappa shape index (κ3) is 3.41. The number of H-pyrrole nitrogens is 1. The number of halogens is 2. The van der Waals surface area contributed by atoms with Crippen molar-refractivity contribution in [1.29, 1.82) is 0 Å². The number of nitrogens with two attached hydrogens (primary N) is 1. The van der Waals surface area contributed by atoms with E-state index in [1.165, 1.54) is 0 Å². The highest BCUT2D eigenvalue weighted by molar-refractivity contribution is 9.10. The molecule has 2 aromatic carbocycles. The summed E-state index contributed by atoms with van der Waals surface area (Å²) in [6, 6.07) is 11.1. The van der Waals surface area contributed by atoms with Crippen LogP contribution in [0.4, 0.5) is 17.5 Å². The fourth-order valence-electron chi connectivity index (χ4n) is 2.74. The Balaban J connectivity index is 1.80. The normalized spacial score (nSPS) is 10.9. The van der Waals surface area contributed by atoms with E-state index in [0.717, 1.165) is 16.6 Å². The van der Waals surface area contributed by atoms with Gasteiger partial charge >= 0.3 is 0 Å². The first-order valence-corrected chi connectivity index (χ1v) is 9.09. The van der Waals surface area contributed by atoms with E-state index in [9.17, 15) is 0 Å². The van der Waals surface area contributed by atoms with Crippen molar-refractivity contribution in [2.24, 2.45) is 0 Å². The maximum absolute atomic E-state index is 6.16. The van der Waals surface area contributed by atoms with E-state index in [0.29, 0.717) is 32.3 Å². The molecule has 0 amide bonds. The number of fused-ring (bicyclic) bond motifs is 1. The van der Waals surface area contributed by atoms with Crippen molar-refractivity contribution in [2.75, 3.05) is 18.2 Å². The molecule has 2 aromatic heterocycles. The van der Waals surface area contributed by atoms with Gasteiger partial charge in [0.15, 0.2) is 5.82 Å². The van der Waals surface area contributed by atoms with Crippen LogP contribution in [0.5, 0.6) is 5.75 Å². The topological polar surface area (TPSA) is 102 Å². The summed E-state index contributed by atoms with van der Waals surface area (Å²) in [5.41, 5.74) is 8.97. The predicted octanol–water partition coefficient (Wildman–Crippen LogP) is 4.77. The minimum Gasteiger partial charge on any atom is -0.496 e. The summed E-state index contributed by atoms with van der Waals surface area (Å²) in [6.45, 7) is 0. The van der Waals surface area contributed by atoms with Crippen molar-refractivity contribution >= 4 is 55.9 Å². The second kappa shape index (κ2) is 7.05. The standard InChI is InChI=1S/C18H14BrClN6O/c1-27-14-5-3-10(20)6-12(14)16-15(19)17(25-18(21)24-16)23-11-4-2-9-8-22-26-13(9)7-11/h2-8H,1H3,(H,22,26)(H3,21,23,24,25). The first-order chi connectivity index (χ1) is 13.0. The summed E-state index contributed by atoms with van der Waals surface area (Å²) < 4.78 is 6.08. The van der Waals surface area contributed by atoms with E-state index in [4.69, 9.17) is 22.1 Å². The maximum atomic E-state index is 6.16. The van der Waals surface area contributed by atoms with Crippen LogP contribution in [0, 0.1) is 0 Å². The first-order valence-electron chi connectivity index (χ1n) is 7.92. The zero-order valence-corrected chi connectivity index (χ0v) is 16.5. The van der Waals surface area contributed by atoms with Gasteiger partial charge in [-0.15, -0.1) is 0 Å². The van der Waals surface area contributed by atoms with E-state index in [-0.39, 0.29) is 5.95 Å². The van der Waals surface area contributed by atoms with Crippen LogP contribution < -0.4 is 15.8 Å². The summed E-state index contributed by atoms with van der Waals surface area (Å²) in [7, 11) is 1.59. The van der Waals surface area contributed by atoms with Crippen LogP contribution >= 0.6 is 27.5 Å². The molecule has 0 fully saturated rings. The fraction of sp³-hybridized carbons (Fsp3) is 0.0556. The lowest BCUT2D eigenvalue weighted by Crippen LogP contribution is -2.04. The van der Waals surface area contributed by atoms with Gasteiger partial charge in [0.05, 0.1) is 29.0 Å². The molecule has 136 valence electrons. The van der Waals surface area contributed by atoms with Crippen molar-refractivity contribution in [1.82, 2.24) is 20.2 Å². The van der Waals surface area contributed by atoms with Gasteiger partial charge in [0.2, 0.25) is 5.95 Å². The lowest BCUT2D eigenvalue weighted by Gasteiger charge is -2.14. The summed E-state index contributed by atoms with van der Waals surface area (Å²) in [4.78, 5) is 8.67. The van der Waals surface area contributed by atoms with E-state index in [1.54, 1.807) is 31.5 Å². The molecule has 0 bridgehead atoms. The predicted molar refractivity (Wildman–Crippen MR) is 111 cm³/mol. The van der Waals surface area contributed by atoms with Crippen LogP contribution in [0.1, 0.15) is 0 Å². The largest absolute Gasteiger partial charge is 0.496 e. The number of anilines is 3. The summed E-state index contributed by atoms with van der Waals surface area (Å²) >= 11 is 9.74. The van der Waals surface area contributed by atoms with Gasteiger partial charge < -0.3 is 15.8 Å². The van der Waals surface area contributed by atoms with E-state index in [2.05, 4.69) is 41.4 Å². The van der Waals surface area contributed by atoms with Gasteiger partial charge in [-0.2, -0.15) is 10.1 Å². The van der Waals surface area contributed by atoms with Gasteiger partial charge in [-0.1, -0.05) is 11.6 Å². The number of aromatic amines is 1. The quantitative estimate of drug-likeness (QED) is 0.418. The van der Waals surface area contributed by atoms with Gasteiger partial charge in [0, 0.05) is 21.7 Å². The summed E-state index contributed by atoms with van der Waals surface area (Å²) in [5, 5.41) is 11.8. The van der Waals surface area contributed by atoms with Gasteiger partial charge in [-0.3, -0.25) is 5.10 Å².